The smallest absolute Gasteiger partial charge is 0.231 e. The zero-order valence-corrected chi connectivity index (χ0v) is 13.5. The van der Waals surface area contributed by atoms with Crippen LogP contribution in [0.1, 0.15) is 25.2 Å². The first kappa shape index (κ1) is 15.3. The monoisotopic (exact) mass is 307 g/mol. The third-order valence-corrected chi connectivity index (χ3v) is 3.97. The lowest BCUT2D eigenvalue weighted by Gasteiger charge is -2.21. The highest BCUT2D eigenvalue weighted by Gasteiger charge is 2.14. The number of rotatable bonds is 5. The molecule has 0 radical (unpaired) electrons. The molecule has 1 aromatic heterocycles. The fraction of sp³-hybridized carbons (Fsp3) is 0.263. The van der Waals surface area contributed by atoms with Crippen LogP contribution in [0.2, 0.25) is 0 Å². The molecule has 2 aromatic carbocycles. The third kappa shape index (κ3) is 3.26. The highest BCUT2D eigenvalue weighted by Crippen LogP contribution is 2.18. The number of H-pyrrole nitrogens is 1. The highest BCUT2D eigenvalue weighted by molar-refractivity contribution is 5.95. The number of nitrogens with zero attached hydrogens (tertiary/aromatic N) is 2. The van der Waals surface area contributed by atoms with Crippen molar-refractivity contribution in [3.05, 3.63) is 59.9 Å². The van der Waals surface area contributed by atoms with Gasteiger partial charge in [-0.05, 0) is 36.8 Å². The van der Waals surface area contributed by atoms with Gasteiger partial charge in [0.15, 0.2) is 0 Å². The van der Waals surface area contributed by atoms with E-state index in [4.69, 9.17) is 0 Å². The number of benzene rings is 2. The molecule has 0 aliphatic carbocycles. The van der Waals surface area contributed by atoms with Crippen LogP contribution in [0.5, 0.6) is 0 Å². The number of hydrogen-bond donors (Lipinski definition) is 1. The van der Waals surface area contributed by atoms with Crippen LogP contribution in [-0.2, 0) is 17.6 Å². The summed E-state index contributed by atoms with van der Waals surface area (Å²) < 4.78 is 0. The van der Waals surface area contributed by atoms with E-state index in [-0.39, 0.29) is 5.91 Å². The van der Waals surface area contributed by atoms with Gasteiger partial charge in [0.2, 0.25) is 5.91 Å². The van der Waals surface area contributed by atoms with E-state index in [1.807, 2.05) is 60.4 Å². The molecule has 1 N–H and O–H groups in total. The Hall–Kier alpha value is -2.62. The summed E-state index contributed by atoms with van der Waals surface area (Å²) in [6.07, 6.45) is 1.26. The van der Waals surface area contributed by atoms with E-state index < -0.39 is 0 Å². The van der Waals surface area contributed by atoms with Crippen molar-refractivity contribution in [1.82, 2.24) is 9.97 Å². The van der Waals surface area contributed by atoms with Gasteiger partial charge >= 0.3 is 0 Å². The Balaban J connectivity index is 1.81. The van der Waals surface area contributed by atoms with E-state index in [0.29, 0.717) is 13.0 Å². The first-order valence-corrected chi connectivity index (χ1v) is 8.04. The quantitative estimate of drug-likeness (QED) is 0.781. The standard InChI is InChI=1S/C19H21N3O/c1-3-18-20-16-11-10-14(12-17(16)21-18)13-19(23)22(4-2)15-8-6-5-7-9-15/h5-12H,3-4,13H2,1-2H3,(H,20,21). The van der Waals surface area contributed by atoms with Crippen molar-refractivity contribution < 1.29 is 4.79 Å². The van der Waals surface area contributed by atoms with Gasteiger partial charge in [-0.1, -0.05) is 31.2 Å². The number of anilines is 1. The molecular formula is C19H21N3O. The van der Waals surface area contributed by atoms with E-state index in [2.05, 4.69) is 16.9 Å². The molecule has 118 valence electrons. The molecule has 3 rings (SSSR count). The third-order valence-electron chi connectivity index (χ3n) is 3.97. The molecule has 0 aliphatic heterocycles. The Bertz CT molecular complexity index is 808. The van der Waals surface area contributed by atoms with Crippen molar-refractivity contribution in [2.75, 3.05) is 11.4 Å². The van der Waals surface area contributed by atoms with Crippen LogP contribution < -0.4 is 4.90 Å². The SMILES string of the molecule is CCc1nc2ccc(CC(=O)N(CC)c3ccccc3)cc2[nH]1. The lowest BCUT2D eigenvalue weighted by atomic mass is 10.1. The van der Waals surface area contributed by atoms with Crippen LogP contribution in [0.3, 0.4) is 0 Å². The van der Waals surface area contributed by atoms with E-state index in [1.54, 1.807) is 0 Å². The second-order valence-corrected chi connectivity index (χ2v) is 5.54. The van der Waals surface area contributed by atoms with Gasteiger partial charge in [-0.15, -0.1) is 0 Å². The number of amides is 1. The maximum absolute atomic E-state index is 12.6. The molecule has 4 heteroatoms. The maximum atomic E-state index is 12.6. The Morgan fingerprint density at radius 3 is 2.61 bits per heavy atom. The largest absolute Gasteiger partial charge is 0.342 e. The summed E-state index contributed by atoms with van der Waals surface area (Å²) in [5, 5.41) is 0. The number of aromatic amines is 1. The van der Waals surface area contributed by atoms with E-state index >= 15 is 0 Å². The minimum Gasteiger partial charge on any atom is -0.342 e. The van der Waals surface area contributed by atoms with E-state index in [1.165, 1.54) is 0 Å². The summed E-state index contributed by atoms with van der Waals surface area (Å²) in [6, 6.07) is 15.8. The Kier molecular flexibility index (Phi) is 4.42. The van der Waals surface area contributed by atoms with Crippen molar-refractivity contribution in [1.29, 1.82) is 0 Å². The van der Waals surface area contributed by atoms with Crippen LogP contribution in [0.25, 0.3) is 11.0 Å². The van der Waals surface area contributed by atoms with Crippen LogP contribution in [0.15, 0.2) is 48.5 Å². The number of imidazole rings is 1. The zero-order valence-electron chi connectivity index (χ0n) is 13.5. The predicted molar refractivity (Wildman–Crippen MR) is 93.6 cm³/mol. The molecule has 0 unspecified atom stereocenters. The lowest BCUT2D eigenvalue weighted by molar-refractivity contribution is -0.117. The van der Waals surface area contributed by atoms with E-state index in [0.717, 1.165) is 34.5 Å². The van der Waals surface area contributed by atoms with E-state index in [9.17, 15) is 4.79 Å². The maximum Gasteiger partial charge on any atom is 0.231 e. The van der Waals surface area contributed by atoms with Gasteiger partial charge in [0.25, 0.3) is 0 Å². The minimum absolute atomic E-state index is 0.105. The second kappa shape index (κ2) is 6.65. The summed E-state index contributed by atoms with van der Waals surface area (Å²) in [5.74, 6) is 1.08. The molecule has 0 fully saturated rings. The van der Waals surface area contributed by atoms with Gasteiger partial charge in [0, 0.05) is 18.7 Å². The average Bonchev–Trinajstić information content (AvgIpc) is 2.99. The van der Waals surface area contributed by atoms with Gasteiger partial charge in [0.05, 0.1) is 17.5 Å². The van der Waals surface area contributed by atoms with Gasteiger partial charge < -0.3 is 9.88 Å². The summed E-state index contributed by atoms with van der Waals surface area (Å²) in [4.78, 5) is 22.3. The normalized spacial score (nSPS) is 10.9. The van der Waals surface area contributed by atoms with Gasteiger partial charge in [-0.25, -0.2) is 4.98 Å². The molecule has 0 atom stereocenters. The highest BCUT2D eigenvalue weighted by atomic mass is 16.2. The number of fused-ring (bicyclic) bond motifs is 1. The second-order valence-electron chi connectivity index (χ2n) is 5.54. The number of aryl methyl sites for hydroxylation is 1. The molecule has 0 bridgehead atoms. The molecule has 4 nitrogen and oxygen atoms in total. The Morgan fingerprint density at radius 2 is 1.91 bits per heavy atom. The molecule has 23 heavy (non-hydrogen) atoms. The van der Waals surface area contributed by atoms with Gasteiger partial charge in [-0.2, -0.15) is 0 Å². The molecule has 0 saturated carbocycles. The van der Waals surface area contributed by atoms with Crippen LogP contribution >= 0.6 is 0 Å². The number of carbonyl (C=O) groups excluding carboxylic acids is 1. The number of carbonyl (C=O) groups is 1. The first-order valence-electron chi connectivity index (χ1n) is 8.04. The van der Waals surface area contributed by atoms with Crippen molar-refractivity contribution in [3.63, 3.8) is 0 Å². The van der Waals surface area contributed by atoms with Crippen molar-refractivity contribution in [3.8, 4) is 0 Å². The van der Waals surface area contributed by atoms with Crippen LogP contribution in [0.4, 0.5) is 5.69 Å². The molecule has 3 aromatic rings. The number of para-hydroxylation sites is 1. The summed E-state index contributed by atoms with van der Waals surface area (Å²) >= 11 is 0. The number of nitrogens with one attached hydrogen (secondary N) is 1. The average molecular weight is 307 g/mol. The lowest BCUT2D eigenvalue weighted by Crippen LogP contribution is -2.31. The Morgan fingerprint density at radius 1 is 1.13 bits per heavy atom. The fourth-order valence-corrected chi connectivity index (χ4v) is 2.77. The number of likely N-dealkylation sites (N-methyl/N-ethyl adjacent to an activating group) is 1. The summed E-state index contributed by atoms with van der Waals surface area (Å²) in [6.45, 7) is 4.73. The number of aromatic nitrogens is 2. The molecule has 0 aliphatic rings. The van der Waals surface area contributed by atoms with Crippen LogP contribution in [0, 0.1) is 0 Å². The summed E-state index contributed by atoms with van der Waals surface area (Å²) in [5.41, 5.74) is 3.89. The molecule has 0 saturated heterocycles. The summed E-state index contributed by atoms with van der Waals surface area (Å²) in [7, 11) is 0. The topological polar surface area (TPSA) is 49.0 Å². The Labute approximate surface area is 136 Å². The predicted octanol–water partition coefficient (Wildman–Crippen LogP) is 3.72. The molecule has 1 heterocycles. The molecule has 1 amide bonds. The number of hydrogen-bond acceptors (Lipinski definition) is 2. The van der Waals surface area contributed by atoms with Crippen molar-refractivity contribution in [2.45, 2.75) is 26.7 Å². The fourth-order valence-electron chi connectivity index (χ4n) is 2.77. The first-order chi connectivity index (χ1) is 11.2. The van der Waals surface area contributed by atoms with Crippen molar-refractivity contribution >= 4 is 22.6 Å². The van der Waals surface area contributed by atoms with Gasteiger partial charge in [0.1, 0.15) is 5.82 Å². The molecule has 0 spiro atoms. The molecular weight excluding hydrogens is 286 g/mol. The van der Waals surface area contributed by atoms with Crippen molar-refractivity contribution in [2.24, 2.45) is 0 Å². The van der Waals surface area contributed by atoms with Gasteiger partial charge in [-0.3, -0.25) is 4.79 Å². The minimum atomic E-state index is 0.105. The zero-order chi connectivity index (χ0) is 16.2. The van der Waals surface area contributed by atoms with Crippen LogP contribution in [-0.4, -0.2) is 22.4 Å².